The third kappa shape index (κ3) is 4.96. The topological polar surface area (TPSA) is 98.4 Å². The fourth-order valence-corrected chi connectivity index (χ4v) is 3.32. The van der Waals surface area contributed by atoms with Crippen molar-refractivity contribution in [2.75, 3.05) is 40.5 Å². The molecule has 2 heterocycles. The van der Waals surface area contributed by atoms with Crippen LogP contribution in [0.4, 0.5) is 0 Å². The molecule has 1 aromatic carbocycles. The Morgan fingerprint density at radius 2 is 1.90 bits per heavy atom. The Morgan fingerprint density at radius 1 is 1.21 bits per heavy atom. The third-order valence-electron chi connectivity index (χ3n) is 4.86. The van der Waals surface area contributed by atoms with Crippen molar-refractivity contribution >= 4 is 5.91 Å². The van der Waals surface area contributed by atoms with E-state index in [1.807, 2.05) is 0 Å². The van der Waals surface area contributed by atoms with E-state index in [1.54, 1.807) is 36.3 Å². The molecule has 0 unspecified atom stereocenters. The normalized spacial score (nSPS) is 15.2. The maximum absolute atomic E-state index is 12.9. The van der Waals surface area contributed by atoms with Crippen LogP contribution >= 0.6 is 0 Å². The zero-order valence-corrected chi connectivity index (χ0v) is 16.6. The summed E-state index contributed by atoms with van der Waals surface area (Å²) >= 11 is 0. The molecule has 0 aliphatic carbocycles. The van der Waals surface area contributed by atoms with Gasteiger partial charge in [-0.15, -0.1) is 0 Å². The molecule has 1 saturated heterocycles. The van der Waals surface area contributed by atoms with E-state index in [-0.39, 0.29) is 30.5 Å². The number of nitrogens with zero attached hydrogens (tertiary/aromatic N) is 1. The molecule has 1 atom stereocenters. The molecule has 156 valence electrons. The van der Waals surface area contributed by atoms with Crippen LogP contribution in [0, 0.1) is 0 Å². The minimum atomic E-state index is -0.638. The summed E-state index contributed by atoms with van der Waals surface area (Å²) < 4.78 is 21.3. The summed E-state index contributed by atoms with van der Waals surface area (Å²) in [5.41, 5.74) is 0.149. The van der Waals surface area contributed by atoms with Gasteiger partial charge in [-0.1, -0.05) is 12.1 Å². The Kier molecular flexibility index (Phi) is 6.90. The monoisotopic (exact) mass is 403 g/mol. The molecule has 1 aliphatic rings. The average Bonchev–Trinajstić information content (AvgIpc) is 2.75. The van der Waals surface area contributed by atoms with Crippen LogP contribution in [-0.2, 0) is 20.9 Å². The number of carbonyl (C=O) groups excluding carboxylic acids is 1. The Hall–Kier alpha value is -2.84. The van der Waals surface area contributed by atoms with Crippen LogP contribution in [0.3, 0.4) is 0 Å². The van der Waals surface area contributed by atoms with Crippen molar-refractivity contribution < 1.29 is 28.5 Å². The summed E-state index contributed by atoms with van der Waals surface area (Å²) in [5.74, 6) is -0.251. The molecule has 1 aromatic heterocycles. The molecule has 1 amide bonds. The molecule has 29 heavy (non-hydrogen) atoms. The minimum Gasteiger partial charge on any atom is -0.502 e. The number of hydrogen-bond acceptors (Lipinski definition) is 7. The van der Waals surface area contributed by atoms with Crippen LogP contribution in [0.5, 0.6) is 11.5 Å². The lowest BCUT2D eigenvalue weighted by molar-refractivity contribution is -0.135. The first-order valence-corrected chi connectivity index (χ1v) is 9.37. The van der Waals surface area contributed by atoms with Gasteiger partial charge in [0.25, 0.3) is 0 Å². The van der Waals surface area contributed by atoms with E-state index in [0.29, 0.717) is 32.1 Å². The predicted molar refractivity (Wildman–Crippen MR) is 104 cm³/mol. The maximum Gasteiger partial charge on any atom is 0.227 e. The molecule has 1 aliphatic heterocycles. The van der Waals surface area contributed by atoms with E-state index >= 15 is 0 Å². The average molecular weight is 403 g/mol. The first-order valence-electron chi connectivity index (χ1n) is 9.37. The quantitative estimate of drug-likeness (QED) is 0.754. The molecule has 0 radical (unpaired) electrons. The van der Waals surface area contributed by atoms with E-state index in [0.717, 1.165) is 5.56 Å². The second kappa shape index (κ2) is 9.58. The first-order chi connectivity index (χ1) is 14.0. The lowest BCUT2D eigenvalue weighted by Gasteiger charge is -2.28. The molecule has 8 nitrogen and oxygen atoms in total. The summed E-state index contributed by atoms with van der Waals surface area (Å²) in [4.78, 5) is 26.9. The molecular formula is C21H25NO7. The fourth-order valence-electron chi connectivity index (χ4n) is 3.32. The highest BCUT2D eigenvalue weighted by Crippen LogP contribution is 2.34. The number of aromatic hydroxyl groups is 1. The van der Waals surface area contributed by atoms with Gasteiger partial charge in [-0.2, -0.15) is 0 Å². The van der Waals surface area contributed by atoms with E-state index in [4.69, 9.17) is 18.6 Å². The number of amides is 1. The van der Waals surface area contributed by atoms with Gasteiger partial charge in [-0.25, -0.2) is 0 Å². The van der Waals surface area contributed by atoms with Gasteiger partial charge in [0.1, 0.15) is 18.1 Å². The maximum atomic E-state index is 12.9. The molecule has 1 fully saturated rings. The van der Waals surface area contributed by atoms with Crippen LogP contribution in [0.25, 0.3) is 0 Å². The standard InChI is InChI=1S/C21H25NO7/c1-26-13-16-11-18(23)20(25)21(29-16)17(14-3-5-15(27-2)6-4-14)12-19(24)22-7-9-28-10-8-22/h3-6,11,17,25H,7-10,12-13H2,1-2H3/t17-/m0/s1. The van der Waals surface area contributed by atoms with Gasteiger partial charge < -0.3 is 28.6 Å². The van der Waals surface area contributed by atoms with Gasteiger partial charge in [0.2, 0.25) is 17.1 Å². The SMILES string of the molecule is COCc1cc(=O)c(O)c([C@@H](CC(=O)N2CCOCC2)c2ccc(OC)cc2)o1. The van der Waals surface area contributed by atoms with E-state index in [2.05, 4.69) is 0 Å². The molecule has 8 heteroatoms. The third-order valence-corrected chi connectivity index (χ3v) is 4.86. The highest BCUT2D eigenvalue weighted by molar-refractivity contribution is 5.78. The lowest BCUT2D eigenvalue weighted by atomic mass is 9.91. The van der Waals surface area contributed by atoms with E-state index in [1.165, 1.54) is 13.2 Å². The molecule has 0 bridgehead atoms. The van der Waals surface area contributed by atoms with Gasteiger partial charge in [0, 0.05) is 32.7 Å². The number of rotatable bonds is 7. The van der Waals surface area contributed by atoms with Gasteiger partial charge in [-0.05, 0) is 17.7 Å². The Labute approximate surface area is 168 Å². The number of methoxy groups -OCH3 is 2. The second-order valence-electron chi connectivity index (χ2n) is 6.75. The molecule has 0 spiro atoms. The van der Waals surface area contributed by atoms with Crippen molar-refractivity contribution in [3.8, 4) is 11.5 Å². The molecule has 2 aromatic rings. The van der Waals surface area contributed by atoms with E-state index < -0.39 is 17.1 Å². The second-order valence-corrected chi connectivity index (χ2v) is 6.75. The highest BCUT2D eigenvalue weighted by atomic mass is 16.5. The summed E-state index contributed by atoms with van der Waals surface area (Å²) in [6.45, 7) is 2.07. The van der Waals surface area contributed by atoms with Crippen molar-refractivity contribution in [1.29, 1.82) is 0 Å². The minimum absolute atomic E-state index is 0.0409. The van der Waals surface area contributed by atoms with Crippen molar-refractivity contribution in [3.05, 3.63) is 57.6 Å². The van der Waals surface area contributed by atoms with Crippen LogP contribution in [0.15, 0.2) is 39.5 Å². The summed E-state index contributed by atoms with van der Waals surface area (Å²) in [7, 11) is 3.04. The van der Waals surface area contributed by atoms with E-state index in [9.17, 15) is 14.7 Å². The first kappa shape index (κ1) is 20.9. The predicted octanol–water partition coefficient (Wildman–Crippen LogP) is 1.88. The molecule has 3 rings (SSSR count). The Morgan fingerprint density at radius 3 is 2.52 bits per heavy atom. The Balaban J connectivity index is 2.00. The summed E-state index contributed by atoms with van der Waals surface area (Å²) in [5, 5.41) is 10.4. The van der Waals surface area contributed by atoms with Crippen LogP contribution < -0.4 is 10.2 Å². The van der Waals surface area contributed by atoms with Gasteiger partial charge >= 0.3 is 0 Å². The van der Waals surface area contributed by atoms with Crippen molar-refractivity contribution in [1.82, 2.24) is 4.90 Å². The zero-order valence-electron chi connectivity index (χ0n) is 16.6. The largest absolute Gasteiger partial charge is 0.502 e. The van der Waals surface area contributed by atoms with Crippen molar-refractivity contribution in [2.24, 2.45) is 0 Å². The Bertz CT molecular complexity index is 885. The highest BCUT2D eigenvalue weighted by Gasteiger charge is 2.28. The number of hydrogen-bond donors (Lipinski definition) is 1. The lowest BCUT2D eigenvalue weighted by Crippen LogP contribution is -2.41. The fraction of sp³-hybridized carbons (Fsp3) is 0.429. The smallest absolute Gasteiger partial charge is 0.227 e. The van der Waals surface area contributed by atoms with Gasteiger partial charge in [-0.3, -0.25) is 9.59 Å². The number of benzene rings is 1. The van der Waals surface area contributed by atoms with Gasteiger partial charge in [0.15, 0.2) is 5.76 Å². The summed E-state index contributed by atoms with van der Waals surface area (Å²) in [6, 6.07) is 8.29. The summed E-state index contributed by atoms with van der Waals surface area (Å²) in [6.07, 6.45) is 0.0409. The van der Waals surface area contributed by atoms with Crippen LogP contribution in [-0.4, -0.2) is 56.4 Å². The molecular weight excluding hydrogens is 378 g/mol. The van der Waals surface area contributed by atoms with Crippen molar-refractivity contribution in [2.45, 2.75) is 18.9 Å². The molecule has 0 saturated carbocycles. The number of ether oxygens (including phenoxy) is 3. The zero-order chi connectivity index (χ0) is 20.8. The number of carbonyl (C=O) groups is 1. The van der Waals surface area contributed by atoms with Crippen LogP contribution in [0.2, 0.25) is 0 Å². The van der Waals surface area contributed by atoms with Crippen molar-refractivity contribution in [3.63, 3.8) is 0 Å². The van der Waals surface area contributed by atoms with Crippen LogP contribution in [0.1, 0.15) is 29.4 Å². The van der Waals surface area contributed by atoms with Gasteiger partial charge in [0.05, 0.1) is 26.2 Å². The number of morpholine rings is 1. The molecule has 1 N–H and O–H groups in total.